The lowest BCUT2D eigenvalue weighted by Crippen LogP contribution is -2.14. The Morgan fingerprint density at radius 1 is 1.44 bits per heavy atom. The van der Waals surface area contributed by atoms with Crippen LogP contribution >= 0.6 is 11.3 Å². The summed E-state index contributed by atoms with van der Waals surface area (Å²) in [4.78, 5) is 0.881. The molecule has 0 saturated heterocycles. The predicted octanol–water partition coefficient (Wildman–Crippen LogP) is 2.52. The van der Waals surface area contributed by atoms with Crippen molar-refractivity contribution in [1.82, 2.24) is 4.57 Å². The van der Waals surface area contributed by atoms with Crippen molar-refractivity contribution in [2.45, 2.75) is 20.4 Å². The van der Waals surface area contributed by atoms with Gasteiger partial charge in [-0.15, -0.1) is 16.4 Å². The Labute approximate surface area is 110 Å². The lowest BCUT2D eigenvalue weighted by Gasteiger charge is -1.98. The molecule has 1 heterocycles. The third-order valence-corrected chi connectivity index (χ3v) is 3.50. The van der Waals surface area contributed by atoms with Crippen LogP contribution in [-0.4, -0.2) is 15.9 Å². The minimum atomic E-state index is 0.231. The first kappa shape index (κ1) is 12.6. The maximum Gasteiger partial charge on any atom is 0.210 e. The summed E-state index contributed by atoms with van der Waals surface area (Å²) in [5.74, 6) is 0.231. The van der Waals surface area contributed by atoms with Crippen LogP contribution in [0, 0.1) is 6.92 Å². The van der Waals surface area contributed by atoms with Gasteiger partial charge in [-0.1, -0.05) is 12.1 Å². The van der Waals surface area contributed by atoms with Crippen molar-refractivity contribution < 1.29 is 5.11 Å². The third-order valence-electron chi connectivity index (χ3n) is 2.53. The molecule has 0 aliphatic carbocycles. The first-order valence-electron chi connectivity index (χ1n) is 5.71. The van der Waals surface area contributed by atoms with Gasteiger partial charge >= 0.3 is 0 Å². The molecule has 0 aliphatic heterocycles. The maximum atomic E-state index is 9.32. The molecule has 0 saturated carbocycles. The molecule has 0 radical (unpaired) electrons. The van der Waals surface area contributed by atoms with Gasteiger partial charge in [-0.05, 0) is 31.5 Å². The first-order chi connectivity index (χ1) is 8.70. The summed E-state index contributed by atoms with van der Waals surface area (Å²) in [6.07, 6.45) is 1.63. The minimum Gasteiger partial charge on any atom is -0.508 e. The SMILES string of the molecule is CCn1c(C)cs/c1=N\N=C/c1cccc(O)c1. The summed E-state index contributed by atoms with van der Waals surface area (Å²) in [5.41, 5.74) is 2.02. The van der Waals surface area contributed by atoms with Gasteiger partial charge in [0.15, 0.2) is 0 Å². The Kier molecular flexibility index (Phi) is 3.94. The topological polar surface area (TPSA) is 49.9 Å². The molecule has 0 atom stereocenters. The average Bonchev–Trinajstić information content (AvgIpc) is 2.70. The Morgan fingerprint density at radius 2 is 2.28 bits per heavy atom. The second-order valence-corrected chi connectivity index (χ2v) is 4.68. The Bertz CT molecular complexity index is 625. The van der Waals surface area contributed by atoms with Gasteiger partial charge in [0.25, 0.3) is 0 Å². The standard InChI is InChI=1S/C13H15N3OS/c1-3-16-10(2)9-18-13(16)15-14-8-11-5-4-6-12(17)7-11/h4-9,17H,3H2,1-2H3/b14-8-,15-13-. The van der Waals surface area contributed by atoms with Gasteiger partial charge in [-0.3, -0.25) is 0 Å². The Morgan fingerprint density at radius 3 is 3.00 bits per heavy atom. The van der Waals surface area contributed by atoms with Crippen LogP contribution in [0.2, 0.25) is 0 Å². The van der Waals surface area contributed by atoms with Gasteiger partial charge < -0.3 is 9.67 Å². The predicted molar refractivity (Wildman–Crippen MR) is 74.0 cm³/mol. The van der Waals surface area contributed by atoms with Crippen molar-refractivity contribution in [2.24, 2.45) is 10.2 Å². The monoisotopic (exact) mass is 261 g/mol. The van der Waals surface area contributed by atoms with Crippen molar-refractivity contribution in [3.8, 4) is 5.75 Å². The summed E-state index contributed by atoms with van der Waals surface area (Å²) in [6, 6.07) is 6.92. The van der Waals surface area contributed by atoms with Crippen LogP contribution in [0.25, 0.3) is 0 Å². The summed E-state index contributed by atoms with van der Waals surface area (Å²) in [5, 5.41) is 19.6. The van der Waals surface area contributed by atoms with Crippen LogP contribution in [0.5, 0.6) is 5.75 Å². The van der Waals surface area contributed by atoms with Gasteiger partial charge in [-0.25, -0.2) is 0 Å². The second kappa shape index (κ2) is 5.64. The smallest absolute Gasteiger partial charge is 0.210 e. The van der Waals surface area contributed by atoms with Crippen molar-refractivity contribution in [3.63, 3.8) is 0 Å². The number of benzene rings is 1. The molecule has 1 aromatic heterocycles. The summed E-state index contributed by atoms with van der Waals surface area (Å²) < 4.78 is 2.10. The molecule has 18 heavy (non-hydrogen) atoms. The zero-order valence-electron chi connectivity index (χ0n) is 10.4. The van der Waals surface area contributed by atoms with Gasteiger partial charge in [0.2, 0.25) is 4.80 Å². The van der Waals surface area contributed by atoms with Gasteiger partial charge in [0.1, 0.15) is 5.75 Å². The molecule has 0 amide bonds. The summed E-state index contributed by atoms with van der Waals surface area (Å²) in [6.45, 7) is 5.02. The Balaban J connectivity index is 2.25. The van der Waals surface area contributed by atoms with E-state index in [4.69, 9.17) is 0 Å². The molecule has 5 heteroatoms. The van der Waals surface area contributed by atoms with E-state index < -0.39 is 0 Å². The number of aromatic nitrogens is 1. The van der Waals surface area contributed by atoms with Crippen LogP contribution < -0.4 is 4.80 Å². The number of aromatic hydroxyl groups is 1. The first-order valence-corrected chi connectivity index (χ1v) is 6.59. The highest BCUT2D eigenvalue weighted by atomic mass is 32.1. The normalized spacial score (nSPS) is 12.4. The zero-order chi connectivity index (χ0) is 13.0. The molecule has 0 unspecified atom stereocenters. The number of thiazole rings is 1. The van der Waals surface area contributed by atoms with Crippen molar-refractivity contribution >= 4 is 17.6 Å². The number of rotatable bonds is 3. The molecule has 4 nitrogen and oxygen atoms in total. The molecule has 0 fully saturated rings. The van der Waals surface area contributed by atoms with Crippen LogP contribution in [0.15, 0.2) is 39.8 Å². The molecular formula is C13H15N3OS. The van der Waals surface area contributed by atoms with E-state index in [0.29, 0.717) is 0 Å². The number of hydrogen-bond acceptors (Lipinski definition) is 4. The molecule has 0 spiro atoms. The quantitative estimate of drug-likeness (QED) is 0.670. The number of phenols is 1. The number of phenolic OH excluding ortho intramolecular Hbond substituents is 1. The molecule has 0 bridgehead atoms. The highest BCUT2D eigenvalue weighted by Gasteiger charge is 1.97. The van der Waals surface area contributed by atoms with Crippen LogP contribution in [-0.2, 0) is 6.54 Å². The molecule has 94 valence electrons. The number of aryl methyl sites for hydroxylation is 1. The van der Waals surface area contributed by atoms with Gasteiger partial charge in [0, 0.05) is 17.6 Å². The molecule has 2 aromatic rings. The van der Waals surface area contributed by atoms with E-state index in [9.17, 15) is 5.11 Å². The fourth-order valence-corrected chi connectivity index (χ4v) is 2.53. The van der Waals surface area contributed by atoms with E-state index in [1.54, 1.807) is 35.8 Å². The molecule has 2 rings (SSSR count). The van der Waals surface area contributed by atoms with Gasteiger partial charge in [-0.2, -0.15) is 5.10 Å². The lowest BCUT2D eigenvalue weighted by atomic mass is 10.2. The number of hydrogen-bond donors (Lipinski definition) is 1. The fraction of sp³-hybridized carbons (Fsp3) is 0.231. The summed E-state index contributed by atoms with van der Waals surface area (Å²) >= 11 is 1.57. The highest BCUT2D eigenvalue weighted by Crippen LogP contribution is 2.08. The molecule has 0 aliphatic rings. The van der Waals surface area contributed by atoms with E-state index in [0.717, 1.165) is 16.9 Å². The van der Waals surface area contributed by atoms with Crippen LogP contribution in [0.1, 0.15) is 18.2 Å². The zero-order valence-corrected chi connectivity index (χ0v) is 11.2. The van der Waals surface area contributed by atoms with Crippen LogP contribution in [0.4, 0.5) is 0 Å². The largest absolute Gasteiger partial charge is 0.508 e. The van der Waals surface area contributed by atoms with E-state index >= 15 is 0 Å². The average molecular weight is 261 g/mol. The van der Waals surface area contributed by atoms with Crippen molar-refractivity contribution in [1.29, 1.82) is 0 Å². The van der Waals surface area contributed by atoms with Crippen molar-refractivity contribution in [3.05, 3.63) is 45.7 Å². The highest BCUT2D eigenvalue weighted by molar-refractivity contribution is 7.07. The fourth-order valence-electron chi connectivity index (χ4n) is 1.63. The lowest BCUT2D eigenvalue weighted by molar-refractivity contribution is 0.475. The minimum absolute atomic E-state index is 0.231. The van der Waals surface area contributed by atoms with E-state index in [2.05, 4.69) is 34.0 Å². The van der Waals surface area contributed by atoms with E-state index in [-0.39, 0.29) is 5.75 Å². The van der Waals surface area contributed by atoms with E-state index in [1.165, 1.54) is 5.69 Å². The number of nitrogens with zero attached hydrogens (tertiary/aromatic N) is 3. The molecule has 1 N–H and O–H groups in total. The summed E-state index contributed by atoms with van der Waals surface area (Å²) in [7, 11) is 0. The van der Waals surface area contributed by atoms with Crippen molar-refractivity contribution in [2.75, 3.05) is 0 Å². The second-order valence-electron chi connectivity index (χ2n) is 3.84. The van der Waals surface area contributed by atoms with Gasteiger partial charge in [0.05, 0.1) is 6.21 Å². The molecule has 1 aromatic carbocycles. The maximum absolute atomic E-state index is 9.32. The third kappa shape index (κ3) is 2.87. The molecular weight excluding hydrogens is 246 g/mol. The van der Waals surface area contributed by atoms with E-state index in [1.807, 2.05) is 6.07 Å². The Hall–Kier alpha value is -1.88. The van der Waals surface area contributed by atoms with Crippen LogP contribution in [0.3, 0.4) is 0 Å².